The average Bonchev–Trinajstić information content (AvgIpc) is 2.81. The summed E-state index contributed by atoms with van der Waals surface area (Å²) in [5, 5.41) is 4.64. The molecular formula is C18H20N2. The first-order valence-electron chi connectivity index (χ1n) is 7.57. The van der Waals surface area contributed by atoms with Gasteiger partial charge in [-0.25, -0.2) is 0 Å². The molecule has 2 aliphatic rings. The van der Waals surface area contributed by atoms with Crippen LogP contribution in [-0.4, -0.2) is 9.78 Å². The number of benzene rings is 1. The second-order valence-electron chi connectivity index (χ2n) is 6.37. The van der Waals surface area contributed by atoms with Gasteiger partial charge in [-0.3, -0.25) is 4.68 Å². The number of rotatable bonds is 2. The number of fused-ring (bicyclic) bond motifs is 1. The third kappa shape index (κ3) is 1.75. The van der Waals surface area contributed by atoms with E-state index in [1.807, 2.05) is 6.20 Å². The summed E-state index contributed by atoms with van der Waals surface area (Å²) in [4.78, 5) is 0. The lowest BCUT2D eigenvalue weighted by Gasteiger charge is -2.33. The maximum atomic E-state index is 4.64. The molecule has 1 unspecified atom stereocenters. The van der Waals surface area contributed by atoms with Gasteiger partial charge < -0.3 is 0 Å². The van der Waals surface area contributed by atoms with E-state index in [-0.39, 0.29) is 5.41 Å². The maximum Gasteiger partial charge on any atom is 0.0565 e. The van der Waals surface area contributed by atoms with E-state index < -0.39 is 0 Å². The first-order valence-corrected chi connectivity index (χ1v) is 7.57. The fourth-order valence-corrected chi connectivity index (χ4v) is 3.37. The van der Waals surface area contributed by atoms with Gasteiger partial charge in [-0.05, 0) is 24.8 Å². The monoisotopic (exact) mass is 264 g/mol. The molecule has 0 saturated heterocycles. The summed E-state index contributed by atoms with van der Waals surface area (Å²) >= 11 is 0. The Balaban J connectivity index is 1.73. The number of hydrogen-bond acceptors (Lipinski definition) is 1. The quantitative estimate of drug-likeness (QED) is 0.797. The molecule has 1 aromatic heterocycles. The highest BCUT2D eigenvalue weighted by Gasteiger charge is 2.32. The Morgan fingerprint density at radius 2 is 2.00 bits per heavy atom. The third-order valence-corrected chi connectivity index (χ3v) is 4.95. The average molecular weight is 264 g/mol. The zero-order valence-corrected chi connectivity index (χ0v) is 11.9. The van der Waals surface area contributed by atoms with E-state index in [1.54, 1.807) is 0 Å². The Hall–Kier alpha value is -1.83. The van der Waals surface area contributed by atoms with E-state index in [0.29, 0.717) is 6.04 Å². The van der Waals surface area contributed by atoms with Crippen LogP contribution in [0.15, 0.2) is 42.6 Å². The van der Waals surface area contributed by atoms with Crippen LogP contribution in [0.4, 0.5) is 0 Å². The Morgan fingerprint density at radius 3 is 2.70 bits per heavy atom. The predicted molar refractivity (Wildman–Crippen MR) is 81.6 cm³/mol. The molecule has 4 rings (SSSR count). The van der Waals surface area contributed by atoms with Gasteiger partial charge in [-0.2, -0.15) is 5.10 Å². The molecule has 2 aromatic rings. The first kappa shape index (κ1) is 12.0. The molecule has 0 amide bonds. The van der Waals surface area contributed by atoms with Crippen molar-refractivity contribution in [3.8, 4) is 0 Å². The Labute approximate surface area is 120 Å². The second kappa shape index (κ2) is 4.34. The van der Waals surface area contributed by atoms with Gasteiger partial charge in [0.15, 0.2) is 0 Å². The van der Waals surface area contributed by atoms with Gasteiger partial charge in [0, 0.05) is 23.1 Å². The minimum atomic E-state index is 0.0930. The van der Waals surface area contributed by atoms with Crippen molar-refractivity contribution < 1.29 is 0 Å². The van der Waals surface area contributed by atoms with Crippen molar-refractivity contribution in [2.24, 2.45) is 0 Å². The summed E-state index contributed by atoms with van der Waals surface area (Å²) in [6.07, 6.45) is 11.6. The zero-order valence-electron chi connectivity index (χ0n) is 11.9. The van der Waals surface area contributed by atoms with Gasteiger partial charge in [-0.15, -0.1) is 0 Å². The van der Waals surface area contributed by atoms with E-state index in [0.717, 1.165) is 6.42 Å². The number of allylic oxidation sites excluding steroid dienone is 1. The molecule has 102 valence electrons. The lowest BCUT2D eigenvalue weighted by Crippen LogP contribution is -2.29. The highest BCUT2D eigenvalue weighted by Crippen LogP contribution is 2.39. The lowest BCUT2D eigenvalue weighted by atomic mass is 9.75. The van der Waals surface area contributed by atoms with Gasteiger partial charge in [-0.1, -0.05) is 49.4 Å². The summed E-state index contributed by atoms with van der Waals surface area (Å²) in [7, 11) is 0. The van der Waals surface area contributed by atoms with Gasteiger partial charge in [0.05, 0.1) is 12.2 Å². The van der Waals surface area contributed by atoms with Crippen LogP contribution < -0.4 is 0 Å². The summed E-state index contributed by atoms with van der Waals surface area (Å²) in [6.45, 7) is 2.33. The van der Waals surface area contributed by atoms with Crippen molar-refractivity contribution in [2.75, 3.05) is 0 Å². The Kier molecular flexibility index (Phi) is 2.59. The molecule has 1 saturated carbocycles. The van der Waals surface area contributed by atoms with E-state index in [9.17, 15) is 0 Å². The molecule has 0 radical (unpaired) electrons. The van der Waals surface area contributed by atoms with Gasteiger partial charge in [0.1, 0.15) is 0 Å². The highest BCUT2D eigenvalue weighted by molar-refractivity contribution is 5.58. The Morgan fingerprint density at radius 1 is 1.20 bits per heavy atom. The van der Waals surface area contributed by atoms with Crippen LogP contribution in [0.25, 0.3) is 6.08 Å². The standard InChI is InChI=1S/C18H20N2/c1-18(15-6-3-2-4-7-15)11-10-14-13-19-20(17(14)12-18)16-8-5-9-16/h2-4,6-7,10-11,13,16H,5,8-9,12H2,1H3. The van der Waals surface area contributed by atoms with E-state index in [1.165, 1.54) is 36.1 Å². The topological polar surface area (TPSA) is 17.8 Å². The second-order valence-corrected chi connectivity index (χ2v) is 6.37. The third-order valence-electron chi connectivity index (χ3n) is 4.95. The predicted octanol–water partition coefficient (Wildman–Crippen LogP) is 4.14. The lowest BCUT2D eigenvalue weighted by molar-refractivity contribution is 0.279. The maximum absolute atomic E-state index is 4.64. The molecule has 0 spiro atoms. The molecule has 20 heavy (non-hydrogen) atoms. The first-order chi connectivity index (χ1) is 9.76. The molecule has 2 heteroatoms. The molecule has 1 heterocycles. The molecule has 1 fully saturated rings. The fourth-order valence-electron chi connectivity index (χ4n) is 3.37. The minimum absolute atomic E-state index is 0.0930. The van der Waals surface area contributed by atoms with Crippen LogP contribution in [0.5, 0.6) is 0 Å². The van der Waals surface area contributed by atoms with Crippen LogP contribution in [0.1, 0.15) is 49.0 Å². The molecule has 2 aliphatic carbocycles. The van der Waals surface area contributed by atoms with Gasteiger partial charge >= 0.3 is 0 Å². The van der Waals surface area contributed by atoms with Crippen molar-refractivity contribution in [1.29, 1.82) is 0 Å². The minimum Gasteiger partial charge on any atom is -0.266 e. The van der Waals surface area contributed by atoms with Crippen LogP contribution in [-0.2, 0) is 11.8 Å². The molecule has 1 aromatic carbocycles. The fraction of sp³-hybridized carbons (Fsp3) is 0.389. The van der Waals surface area contributed by atoms with Crippen LogP contribution >= 0.6 is 0 Å². The van der Waals surface area contributed by atoms with E-state index in [2.05, 4.69) is 59.2 Å². The van der Waals surface area contributed by atoms with Crippen LogP contribution in [0.3, 0.4) is 0 Å². The van der Waals surface area contributed by atoms with Crippen molar-refractivity contribution in [3.63, 3.8) is 0 Å². The van der Waals surface area contributed by atoms with Crippen molar-refractivity contribution in [1.82, 2.24) is 9.78 Å². The number of nitrogens with zero attached hydrogens (tertiary/aromatic N) is 2. The smallest absolute Gasteiger partial charge is 0.0565 e. The Bertz CT molecular complexity index is 649. The summed E-state index contributed by atoms with van der Waals surface area (Å²) in [6, 6.07) is 11.5. The van der Waals surface area contributed by atoms with Gasteiger partial charge in [0.2, 0.25) is 0 Å². The van der Waals surface area contributed by atoms with Crippen molar-refractivity contribution in [3.05, 3.63) is 59.4 Å². The molecular weight excluding hydrogens is 244 g/mol. The SMILES string of the molecule is CC1(c2ccccc2)C=Cc2cnn(C3CCC3)c2C1. The van der Waals surface area contributed by atoms with E-state index in [4.69, 9.17) is 0 Å². The van der Waals surface area contributed by atoms with Crippen LogP contribution in [0.2, 0.25) is 0 Å². The summed E-state index contributed by atoms with van der Waals surface area (Å²) in [5.74, 6) is 0. The number of hydrogen-bond donors (Lipinski definition) is 0. The largest absolute Gasteiger partial charge is 0.266 e. The molecule has 2 nitrogen and oxygen atoms in total. The molecule has 1 atom stereocenters. The molecule has 0 N–H and O–H groups in total. The van der Waals surface area contributed by atoms with E-state index >= 15 is 0 Å². The number of aromatic nitrogens is 2. The summed E-state index contributed by atoms with van der Waals surface area (Å²) in [5.41, 5.74) is 4.22. The summed E-state index contributed by atoms with van der Waals surface area (Å²) < 4.78 is 2.30. The molecule has 0 bridgehead atoms. The molecule has 0 aliphatic heterocycles. The highest BCUT2D eigenvalue weighted by atomic mass is 15.3. The van der Waals surface area contributed by atoms with Crippen molar-refractivity contribution in [2.45, 2.75) is 44.1 Å². The van der Waals surface area contributed by atoms with Gasteiger partial charge in [0.25, 0.3) is 0 Å². The van der Waals surface area contributed by atoms with Crippen LogP contribution in [0, 0.1) is 0 Å². The van der Waals surface area contributed by atoms with Crippen molar-refractivity contribution >= 4 is 6.08 Å². The zero-order chi connectivity index (χ0) is 13.6. The normalized spacial score (nSPS) is 25.2.